The van der Waals surface area contributed by atoms with Crippen LogP contribution in [0.1, 0.15) is 40.0 Å². The summed E-state index contributed by atoms with van der Waals surface area (Å²) in [6.45, 7) is 14.0. The molecule has 0 amide bonds. The van der Waals surface area contributed by atoms with Gasteiger partial charge in [-0.15, -0.1) is 0 Å². The van der Waals surface area contributed by atoms with Crippen molar-refractivity contribution in [2.45, 2.75) is 46.1 Å². The molecule has 0 aromatic heterocycles. The van der Waals surface area contributed by atoms with Crippen LogP contribution < -0.4 is 5.73 Å². The van der Waals surface area contributed by atoms with E-state index in [2.05, 4.69) is 30.6 Å². The van der Waals surface area contributed by atoms with Crippen LogP contribution in [0.4, 0.5) is 0 Å². The summed E-state index contributed by atoms with van der Waals surface area (Å²) in [5.74, 6) is 0.718. The lowest BCUT2D eigenvalue weighted by atomic mass is 10.0. The first-order valence-electron chi connectivity index (χ1n) is 7.32. The first-order valence-corrected chi connectivity index (χ1v) is 7.32. The summed E-state index contributed by atoms with van der Waals surface area (Å²) in [6.07, 6.45) is 3.79. The molecule has 0 bridgehead atoms. The third kappa shape index (κ3) is 6.39. The lowest BCUT2D eigenvalue weighted by Gasteiger charge is -2.36. The smallest absolute Gasteiger partial charge is 0.0170 e. The van der Waals surface area contributed by atoms with Crippen molar-refractivity contribution in [1.82, 2.24) is 9.80 Å². The molecular formula is C14H31N3. The predicted molar refractivity (Wildman–Crippen MR) is 75.2 cm³/mol. The van der Waals surface area contributed by atoms with Crippen molar-refractivity contribution in [3.63, 3.8) is 0 Å². The zero-order chi connectivity index (χ0) is 12.7. The fourth-order valence-electron chi connectivity index (χ4n) is 2.59. The summed E-state index contributed by atoms with van der Waals surface area (Å²) in [4.78, 5) is 5.13. The van der Waals surface area contributed by atoms with Crippen LogP contribution in [0.5, 0.6) is 0 Å². The van der Waals surface area contributed by atoms with Crippen LogP contribution in [-0.4, -0.2) is 55.1 Å². The highest BCUT2D eigenvalue weighted by atomic mass is 15.3. The number of nitrogens with zero attached hydrogens (tertiary/aromatic N) is 2. The lowest BCUT2D eigenvalue weighted by Crippen LogP contribution is -2.50. The maximum absolute atomic E-state index is 6.17. The number of rotatable bonds is 7. The molecule has 2 N–H and O–H groups in total. The summed E-state index contributed by atoms with van der Waals surface area (Å²) in [5.41, 5.74) is 6.17. The molecule has 3 heteroatoms. The van der Waals surface area contributed by atoms with Gasteiger partial charge in [-0.1, -0.05) is 27.2 Å². The molecule has 3 nitrogen and oxygen atoms in total. The van der Waals surface area contributed by atoms with Crippen LogP contribution in [0.2, 0.25) is 0 Å². The average molecular weight is 241 g/mol. The zero-order valence-corrected chi connectivity index (χ0v) is 12.0. The molecule has 17 heavy (non-hydrogen) atoms. The summed E-state index contributed by atoms with van der Waals surface area (Å²) >= 11 is 0. The van der Waals surface area contributed by atoms with Crippen molar-refractivity contribution in [3.8, 4) is 0 Å². The van der Waals surface area contributed by atoms with Gasteiger partial charge in [0.2, 0.25) is 0 Å². The van der Waals surface area contributed by atoms with Gasteiger partial charge in [-0.05, 0) is 25.3 Å². The largest absolute Gasteiger partial charge is 0.327 e. The Kier molecular flexibility index (Phi) is 7.09. The predicted octanol–water partition coefficient (Wildman–Crippen LogP) is 1.78. The van der Waals surface area contributed by atoms with Crippen molar-refractivity contribution < 1.29 is 0 Å². The monoisotopic (exact) mass is 241 g/mol. The molecule has 1 rings (SSSR count). The van der Waals surface area contributed by atoms with E-state index in [1.54, 1.807) is 0 Å². The highest BCUT2D eigenvalue weighted by molar-refractivity contribution is 4.76. The van der Waals surface area contributed by atoms with Gasteiger partial charge in [0.1, 0.15) is 0 Å². The van der Waals surface area contributed by atoms with Crippen molar-refractivity contribution in [3.05, 3.63) is 0 Å². The van der Waals surface area contributed by atoms with E-state index in [1.807, 2.05) is 0 Å². The lowest BCUT2D eigenvalue weighted by molar-refractivity contribution is 0.123. The van der Waals surface area contributed by atoms with Gasteiger partial charge in [-0.3, -0.25) is 4.90 Å². The number of hydrogen-bond acceptors (Lipinski definition) is 3. The number of nitrogens with two attached hydrogens (primary N) is 1. The normalized spacial score (nSPS) is 21.0. The minimum atomic E-state index is 0.359. The highest BCUT2D eigenvalue weighted by Crippen LogP contribution is 2.07. The van der Waals surface area contributed by atoms with E-state index in [9.17, 15) is 0 Å². The quantitative estimate of drug-likeness (QED) is 0.737. The molecule has 0 spiro atoms. The third-order valence-corrected chi connectivity index (χ3v) is 3.56. The first kappa shape index (κ1) is 14.9. The van der Waals surface area contributed by atoms with E-state index in [4.69, 9.17) is 5.73 Å². The standard InChI is InChI=1S/C14H31N3/c1-4-5-6-16-7-9-17(10-8-16)12-14(15)11-13(2)3/h13-14H,4-12,15H2,1-3H3. The number of hydrogen-bond donors (Lipinski definition) is 1. The van der Waals surface area contributed by atoms with E-state index in [0.717, 1.165) is 18.9 Å². The van der Waals surface area contributed by atoms with Crippen LogP contribution in [0.25, 0.3) is 0 Å². The van der Waals surface area contributed by atoms with Gasteiger partial charge in [-0.25, -0.2) is 0 Å². The van der Waals surface area contributed by atoms with E-state index >= 15 is 0 Å². The maximum atomic E-state index is 6.17. The molecule has 0 aliphatic carbocycles. The van der Waals surface area contributed by atoms with Gasteiger partial charge in [0.05, 0.1) is 0 Å². The number of unbranched alkanes of at least 4 members (excludes halogenated alkanes) is 1. The Morgan fingerprint density at radius 2 is 1.65 bits per heavy atom. The highest BCUT2D eigenvalue weighted by Gasteiger charge is 2.18. The molecule has 0 aromatic carbocycles. The molecule has 1 fully saturated rings. The Hall–Kier alpha value is -0.120. The molecule has 1 aliphatic rings. The summed E-state index contributed by atoms with van der Waals surface area (Å²) in [6, 6.07) is 0.359. The maximum Gasteiger partial charge on any atom is 0.0170 e. The molecule has 1 aliphatic heterocycles. The molecular weight excluding hydrogens is 210 g/mol. The van der Waals surface area contributed by atoms with Crippen LogP contribution >= 0.6 is 0 Å². The van der Waals surface area contributed by atoms with E-state index in [-0.39, 0.29) is 0 Å². The summed E-state index contributed by atoms with van der Waals surface area (Å²) < 4.78 is 0. The second-order valence-electron chi connectivity index (χ2n) is 5.89. The summed E-state index contributed by atoms with van der Waals surface area (Å²) in [5, 5.41) is 0. The summed E-state index contributed by atoms with van der Waals surface area (Å²) in [7, 11) is 0. The Labute approximate surface area is 107 Å². The van der Waals surface area contributed by atoms with Crippen molar-refractivity contribution in [1.29, 1.82) is 0 Å². The SMILES string of the molecule is CCCCN1CCN(CC(N)CC(C)C)CC1. The average Bonchev–Trinajstić information content (AvgIpc) is 2.27. The van der Waals surface area contributed by atoms with Crippen LogP contribution in [0, 0.1) is 5.92 Å². The van der Waals surface area contributed by atoms with Gasteiger partial charge in [-0.2, -0.15) is 0 Å². The van der Waals surface area contributed by atoms with Crippen molar-refractivity contribution in [2.24, 2.45) is 11.7 Å². The Morgan fingerprint density at radius 3 is 2.18 bits per heavy atom. The molecule has 0 radical (unpaired) electrons. The number of piperazine rings is 1. The van der Waals surface area contributed by atoms with Crippen molar-refractivity contribution >= 4 is 0 Å². The van der Waals surface area contributed by atoms with Crippen molar-refractivity contribution in [2.75, 3.05) is 39.3 Å². The Bertz CT molecular complexity index is 186. The van der Waals surface area contributed by atoms with Gasteiger partial charge < -0.3 is 10.6 Å². The molecule has 0 aromatic rings. The van der Waals surface area contributed by atoms with E-state index < -0.39 is 0 Å². The van der Waals surface area contributed by atoms with Gasteiger partial charge in [0.15, 0.2) is 0 Å². The van der Waals surface area contributed by atoms with Gasteiger partial charge in [0, 0.05) is 38.8 Å². The fraction of sp³-hybridized carbons (Fsp3) is 1.00. The second-order valence-corrected chi connectivity index (χ2v) is 5.89. The Balaban J connectivity index is 2.14. The fourth-order valence-corrected chi connectivity index (χ4v) is 2.59. The second kappa shape index (κ2) is 8.06. The van der Waals surface area contributed by atoms with Crippen LogP contribution in [0.15, 0.2) is 0 Å². The van der Waals surface area contributed by atoms with E-state index in [0.29, 0.717) is 6.04 Å². The first-order chi connectivity index (χ1) is 8.11. The zero-order valence-electron chi connectivity index (χ0n) is 12.0. The van der Waals surface area contributed by atoms with Crippen LogP contribution in [0.3, 0.4) is 0 Å². The molecule has 1 unspecified atom stereocenters. The minimum absolute atomic E-state index is 0.359. The molecule has 102 valence electrons. The van der Waals surface area contributed by atoms with Crippen LogP contribution in [-0.2, 0) is 0 Å². The molecule has 1 heterocycles. The topological polar surface area (TPSA) is 32.5 Å². The minimum Gasteiger partial charge on any atom is -0.327 e. The molecule has 1 saturated heterocycles. The van der Waals surface area contributed by atoms with Gasteiger partial charge in [0.25, 0.3) is 0 Å². The molecule has 1 atom stereocenters. The third-order valence-electron chi connectivity index (χ3n) is 3.56. The molecule has 0 saturated carbocycles. The van der Waals surface area contributed by atoms with E-state index in [1.165, 1.54) is 45.6 Å². The van der Waals surface area contributed by atoms with Gasteiger partial charge >= 0.3 is 0 Å². The Morgan fingerprint density at radius 1 is 1.06 bits per heavy atom.